The Labute approximate surface area is 252 Å². The van der Waals surface area contributed by atoms with E-state index in [1.54, 1.807) is 0 Å². The fraction of sp³-hybridized carbons (Fsp3) is 0.871. The Bertz CT molecular complexity index is 955. The fourth-order valence-corrected chi connectivity index (χ4v) is 6.16. The maximum Gasteiger partial charge on any atom is 0.695 e. The van der Waals surface area contributed by atoms with Gasteiger partial charge in [-0.25, -0.2) is 4.79 Å². The molecule has 11 heteroatoms. The molecule has 3 N–H and O–H groups in total. The molecule has 1 aromatic rings. The summed E-state index contributed by atoms with van der Waals surface area (Å²) in [5.74, 6) is 0. The lowest BCUT2D eigenvalue weighted by molar-refractivity contribution is -0.0744. The monoisotopic (exact) mass is 615 g/mol. The third-order valence-corrected chi connectivity index (χ3v) is 8.53. The van der Waals surface area contributed by atoms with Crippen LogP contribution in [-0.4, -0.2) is 51.1 Å². The second-order valence-electron chi connectivity index (χ2n) is 11.6. The number of aliphatic hydroxyl groups is 1. The molecule has 0 bridgehead atoms. The number of aromatic nitrogens is 2. The summed E-state index contributed by atoms with van der Waals surface area (Å²) in [5.41, 5.74) is -1.26. The molecule has 1 aromatic heterocycles. The average Bonchev–Trinajstić information content (AvgIpc) is 3.29. The summed E-state index contributed by atoms with van der Waals surface area (Å²) in [7, 11) is -2.98. The highest BCUT2D eigenvalue weighted by Gasteiger charge is 2.51. The van der Waals surface area contributed by atoms with Crippen LogP contribution in [0, 0.1) is 0 Å². The molecule has 2 heterocycles. The van der Waals surface area contributed by atoms with Crippen LogP contribution in [0.1, 0.15) is 142 Å². The van der Waals surface area contributed by atoms with E-state index >= 15 is 0 Å². The lowest BCUT2D eigenvalue weighted by atomic mass is 10.0. The smallest absolute Gasteiger partial charge is 0.394 e. The van der Waals surface area contributed by atoms with Crippen LogP contribution in [0.4, 0.5) is 0 Å². The first-order valence-electron chi connectivity index (χ1n) is 16.5. The molecule has 42 heavy (non-hydrogen) atoms. The zero-order valence-corrected chi connectivity index (χ0v) is 26.7. The maximum atomic E-state index is 12.3. The predicted molar refractivity (Wildman–Crippen MR) is 165 cm³/mol. The van der Waals surface area contributed by atoms with E-state index in [0.29, 0.717) is 6.61 Å². The zero-order chi connectivity index (χ0) is 30.4. The molecule has 0 spiro atoms. The first-order chi connectivity index (χ1) is 20.5. The summed E-state index contributed by atoms with van der Waals surface area (Å²) in [6.07, 6.45) is 23.3. The molecule has 5 atom stereocenters. The van der Waals surface area contributed by atoms with Gasteiger partial charge in [-0.1, -0.05) is 129 Å². The minimum Gasteiger partial charge on any atom is -0.394 e. The largest absolute Gasteiger partial charge is 0.695 e. The van der Waals surface area contributed by atoms with Crippen molar-refractivity contribution in [2.75, 3.05) is 13.2 Å². The lowest BCUT2D eigenvalue weighted by Gasteiger charge is -2.22. The van der Waals surface area contributed by atoms with E-state index in [9.17, 15) is 24.2 Å². The number of hydrogen-bond acceptors (Lipinski definition) is 7. The Kier molecular flexibility index (Phi) is 20.2. The Morgan fingerprint density at radius 2 is 1.29 bits per heavy atom. The van der Waals surface area contributed by atoms with E-state index in [0.717, 1.165) is 23.8 Å². The summed E-state index contributed by atoms with van der Waals surface area (Å²) in [6.45, 7) is 2.14. The van der Waals surface area contributed by atoms with Crippen molar-refractivity contribution in [1.29, 1.82) is 0 Å². The van der Waals surface area contributed by atoms with Crippen molar-refractivity contribution in [3.63, 3.8) is 0 Å². The molecule has 0 aliphatic carbocycles. The highest BCUT2D eigenvalue weighted by atomic mass is 31.1. The van der Waals surface area contributed by atoms with Gasteiger partial charge in [0.25, 0.3) is 5.56 Å². The van der Waals surface area contributed by atoms with E-state index < -0.39 is 50.7 Å². The summed E-state index contributed by atoms with van der Waals surface area (Å²) < 4.78 is 29.4. The van der Waals surface area contributed by atoms with Crippen LogP contribution in [0.3, 0.4) is 0 Å². The summed E-state index contributed by atoms with van der Waals surface area (Å²) in [5, 5.41) is 9.71. The molecule has 10 nitrogen and oxygen atoms in total. The molecular formula is C31H56N2O8P+. The van der Waals surface area contributed by atoms with Crippen molar-refractivity contribution in [3.05, 3.63) is 33.1 Å². The predicted octanol–water partition coefficient (Wildman–Crippen LogP) is 6.67. The van der Waals surface area contributed by atoms with Crippen LogP contribution in [0.25, 0.3) is 0 Å². The zero-order valence-electron chi connectivity index (χ0n) is 25.8. The standard InChI is InChI=1S/C31H55N2O8P/c1-2-3-4-5-6-7-8-9-10-11-12-13-14-15-16-17-18-19-20-21-24-39-29-28(41-42(37)38)26(25-34)40-30(29)33-23-22-27(35)32-31(33)36/h22-23,26,28-30,34H,2-21,24-25H2,1H3,(H-,32,35,36,37,38)/p+1/t26-,28+,29?,30-/m1/s1. The number of aromatic amines is 1. The number of unbranched alkanes of at least 4 members (excludes halogenated alkanes) is 19. The second-order valence-corrected chi connectivity index (χ2v) is 12.3. The maximum absolute atomic E-state index is 12.3. The molecular weight excluding hydrogens is 559 g/mol. The van der Waals surface area contributed by atoms with Crippen molar-refractivity contribution in [2.45, 2.75) is 160 Å². The van der Waals surface area contributed by atoms with E-state index in [-0.39, 0.29) is 0 Å². The molecule has 1 aliphatic heterocycles. The van der Waals surface area contributed by atoms with Gasteiger partial charge in [-0.05, 0) is 6.42 Å². The summed E-state index contributed by atoms with van der Waals surface area (Å²) >= 11 is 0. The average molecular weight is 616 g/mol. The van der Waals surface area contributed by atoms with Crippen molar-refractivity contribution < 1.29 is 28.6 Å². The van der Waals surface area contributed by atoms with Gasteiger partial charge >= 0.3 is 13.9 Å². The second kappa shape index (κ2) is 23.0. The van der Waals surface area contributed by atoms with Gasteiger partial charge in [-0.3, -0.25) is 14.3 Å². The molecule has 242 valence electrons. The van der Waals surface area contributed by atoms with Crippen LogP contribution in [0.5, 0.6) is 0 Å². The number of nitrogens with one attached hydrogen (secondary N) is 1. The van der Waals surface area contributed by atoms with Gasteiger partial charge in [0.2, 0.25) is 0 Å². The van der Waals surface area contributed by atoms with Gasteiger partial charge in [0.15, 0.2) is 12.3 Å². The normalized spacial score (nSPS) is 20.8. The van der Waals surface area contributed by atoms with Crippen LogP contribution in [0.15, 0.2) is 21.9 Å². The van der Waals surface area contributed by atoms with Gasteiger partial charge in [0.05, 0.1) is 6.61 Å². The number of aliphatic hydroxyl groups excluding tert-OH is 1. The number of ether oxygens (including phenoxy) is 2. The van der Waals surface area contributed by atoms with Gasteiger partial charge < -0.3 is 14.6 Å². The van der Waals surface area contributed by atoms with Gasteiger partial charge in [0, 0.05) is 23.4 Å². The van der Waals surface area contributed by atoms with Crippen LogP contribution >= 0.6 is 8.25 Å². The number of hydrogen-bond donors (Lipinski definition) is 3. The third kappa shape index (κ3) is 14.8. The minimum absolute atomic E-state index is 0.349. The Morgan fingerprint density at radius 1 is 0.810 bits per heavy atom. The lowest BCUT2D eigenvalue weighted by Crippen LogP contribution is -2.40. The van der Waals surface area contributed by atoms with Crippen LogP contribution < -0.4 is 11.2 Å². The van der Waals surface area contributed by atoms with Crippen molar-refractivity contribution in [1.82, 2.24) is 9.55 Å². The molecule has 1 saturated heterocycles. The SMILES string of the molecule is CCCCCCCCCCCCCCCCCCCCCCOC1[C@@H](O[P+](=O)O)[C@@H](CO)O[C@H]1n1ccc(=O)[nH]c1=O. The topological polar surface area (TPSA) is 140 Å². The molecule has 0 aromatic carbocycles. The van der Waals surface area contributed by atoms with E-state index in [4.69, 9.17) is 14.0 Å². The van der Waals surface area contributed by atoms with Gasteiger partial charge in [0.1, 0.15) is 12.2 Å². The Hall–Kier alpha value is -1.42. The molecule has 1 fully saturated rings. The number of nitrogens with zero attached hydrogens (tertiary/aromatic N) is 1. The van der Waals surface area contributed by atoms with Crippen LogP contribution in [-0.2, 0) is 18.6 Å². The molecule has 2 unspecified atom stereocenters. The summed E-state index contributed by atoms with van der Waals surface area (Å²) in [6, 6.07) is 1.18. The van der Waals surface area contributed by atoms with Crippen molar-refractivity contribution >= 4 is 8.25 Å². The highest BCUT2D eigenvalue weighted by molar-refractivity contribution is 7.32. The number of H-pyrrole nitrogens is 1. The van der Waals surface area contributed by atoms with Crippen LogP contribution in [0.2, 0.25) is 0 Å². The highest BCUT2D eigenvalue weighted by Crippen LogP contribution is 2.37. The Morgan fingerprint density at radius 3 is 1.71 bits per heavy atom. The quantitative estimate of drug-likeness (QED) is 0.0776. The molecule has 0 saturated carbocycles. The fourth-order valence-electron chi connectivity index (χ4n) is 5.69. The molecule has 0 radical (unpaired) electrons. The molecule has 0 amide bonds. The first kappa shape index (κ1) is 36.8. The van der Waals surface area contributed by atoms with E-state index in [1.165, 1.54) is 121 Å². The molecule has 2 rings (SSSR count). The van der Waals surface area contributed by atoms with Crippen molar-refractivity contribution in [3.8, 4) is 0 Å². The molecule has 1 aliphatic rings. The van der Waals surface area contributed by atoms with Gasteiger partial charge in [-0.2, -0.15) is 0 Å². The number of rotatable bonds is 26. The van der Waals surface area contributed by atoms with E-state index in [1.807, 2.05) is 0 Å². The van der Waals surface area contributed by atoms with E-state index in [2.05, 4.69) is 11.9 Å². The first-order valence-corrected chi connectivity index (χ1v) is 17.6. The van der Waals surface area contributed by atoms with Gasteiger partial charge in [-0.15, -0.1) is 9.42 Å². The summed E-state index contributed by atoms with van der Waals surface area (Å²) in [4.78, 5) is 35.3. The third-order valence-electron chi connectivity index (χ3n) is 8.11. The van der Waals surface area contributed by atoms with Crippen molar-refractivity contribution in [2.24, 2.45) is 0 Å². The minimum atomic E-state index is -2.98. The Balaban J connectivity index is 1.52.